The van der Waals surface area contributed by atoms with Gasteiger partial charge in [-0.15, -0.1) is 0 Å². The summed E-state index contributed by atoms with van der Waals surface area (Å²) in [5, 5.41) is 2.74. The molecule has 74 valence electrons. The van der Waals surface area contributed by atoms with Gasteiger partial charge in [0, 0.05) is 6.54 Å². The first-order valence-electron chi connectivity index (χ1n) is 4.49. The largest absolute Gasteiger partial charge is 0.377 e. The van der Waals surface area contributed by atoms with Crippen LogP contribution < -0.4 is 11.1 Å². The van der Waals surface area contributed by atoms with Crippen LogP contribution in [-0.4, -0.2) is 31.7 Å². The second kappa shape index (κ2) is 4.99. The number of rotatable bonds is 3. The van der Waals surface area contributed by atoms with Crippen LogP contribution in [0.5, 0.6) is 0 Å². The zero-order valence-corrected chi connectivity index (χ0v) is 7.88. The fourth-order valence-corrected chi connectivity index (χ4v) is 1.09. The Labute approximate surface area is 78.1 Å². The van der Waals surface area contributed by atoms with Crippen molar-refractivity contribution in [1.82, 2.24) is 5.32 Å². The van der Waals surface area contributed by atoms with Gasteiger partial charge in [-0.05, 0) is 18.9 Å². The zero-order valence-electron chi connectivity index (χ0n) is 7.88. The van der Waals surface area contributed by atoms with Gasteiger partial charge in [0.1, 0.15) is 0 Å². The van der Waals surface area contributed by atoms with E-state index in [2.05, 4.69) is 11.4 Å². The number of hydrogen-bond acceptors (Lipinski definition) is 3. The summed E-state index contributed by atoms with van der Waals surface area (Å²) in [5.41, 5.74) is 6.51. The molecule has 3 N–H and O–H groups in total. The molecule has 0 aromatic carbocycles. The Morgan fingerprint density at radius 2 is 2.62 bits per heavy atom. The van der Waals surface area contributed by atoms with Crippen molar-refractivity contribution in [3.63, 3.8) is 0 Å². The summed E-state index contributed by atoms with van der Waals surface area (Å²) in [7, 11) is 0. The highest BCUT2D eigenvalue weighted by Crippen LogP contribution is 2.03. The first kappa shape index (κ1) is 10.2. The molecule has 0 spiro atoms. The molecule has 0 aromatic rings. The number of nitrogens with two attached hydrogens (primary N) is 1. The summed E-state index contributed by atoms with van der Waals surface area (Å²) in [6.07, 6.45) is 3.04. The Kier molecular flexibility index (Phi) is 3.92. The molecular formula is C9H16N2O2. The maximum absolute atomic E-state index is 11.1. The van der Waals surface area contributed by atoms with Crippen molar-refractivity contribution in [3.8, 4) is 0 Å². The third-order valence-electron chi connectivity index (χ3n) is 1.89. The SMILES string of the molecule is CC(N)C(=O)NCC1=CCCOC1. The zero-order chi connectivity index (χ0) is 9.68. The molecule has 4 nitrogen and oxygen atoms in total. The van der Waals surface area contributed by atoms with Crippen LogP contribution in [0, 0.1) is 0 Å². The summed E-state index contributed by atoms with van der Waals surface area (Å²) in [5.74, 6) is -0.119. The minimum atomic E-state index is -0.440. The van der Waals surface area contributed by atoms with Crippen LogP contribution >= 0.6 is 0 Å². The molecule has 1 atom stereocenters. The van der Waals surface area contributed by atoms with Crippen LogP contribution in [0.3, 0.4) is 0 Å². The van der Waals surface area contributed by atoms with Crippen molar-refractivity contribution in [2.45, 2.75) is 19.4 Å². The van der Waals surface area contributed by atoms with E-state index in [0.717, 1.165) is 18.6 Å². The lowest BCUT2D eigenvalue weighted by atomic mass is 10.2. The van der Waals surface area contributed by atoms with Gasteiger partial charge in [-0.3, -0.25) is 4.79 Å². The molecule has 0 saturated heterocycles. The fourth-order valence-electron chi connectivity index (χ4n) is 1.09. The number of carbonyl (C=O) groups excluding carboxylic acids is 1. The highest BCUT2D eigenvalue weighted by atomic mass is 16.5. The topological polar surface area (TPSA) is 64.4 Å². The van der Waals surface area contributed by atoms with Gasteiger partial charge in [0.15, 0.2) is 0 Å². The first-order valence-corrected chi connectivity index (χ1v) is 4.49. The molecule has 0 radical (unpaired) electrons. The van der Waals surface area contributed by atoms with Crippen LogP contribution in [0.15, 0.2) is 11.6 Å². The summed E-state index contributed by atoms with van der Waals surface area (Å²) in [6, 6.07) is -0.440. The Morgan fingerprint density at radius 3 is 3.15 bits per heavy atom. The number of ether oxygens (including phenoxy) is 1. The van der Waals surface area contributed by atoms with Gasteiger partial charge in [0.2, 0.25) is 5.91 Å². The minimum Gasteiger partial charge on any atom is -0.377 e. The van der Waals surface area contributed by atoms with Gasteiger partial charge < -0.3 is 15.8 Å². The molecule has 1 unspecified atom stereocenters. The van der Waals surface area contributed by atoms with Crippen molar-refractivity contribution in [3.05, 3.63) is 11.6 Å². The fraction of sp³-hybridized carbons (Fsp3) is 0.667. The summed E-state index contributed by atoms with van der Waals surface area (Å²) < 4.78 is 5.22. The lowest BCUT2D eigenvalue weighted by molar-refractivity contribution is -0.121. The lowest BCUT2D eigenvalue weighted by Crippen LogP contribution is -2.39. The first-order chi connectivity index (χ1) is 6.20. The van der Waals surface area contributed by atoms with E-state index >= 15 is 0 Å². The normalized spacial score (nSPS) is 19.1. The highest BCUT2D eigenvalue weighted by molar-refractivity contribution is 5.81. The molecule has 1 aliphatic rings. The van der Waals surface area contributed by atoms with E-state index in [1.54, 1.807) is 6.92 Å². The average molecular weight is 184 g/mol. The van der Waals surface area contributed by atoms with E-state index in [0.29, 0.717) is 13.2 Å². The van der Waals surface area contributed by atoms with Crippen molar-refractivity contribution in [1.29, 1.82) is 0 Å². The second-order valence-electron chi connectivity index (χ2n) is 3.21. The van der Waals surface area contributed by atoms with Gasteiger partial charge in [0.05, 0.1) is 19.3 Å². The Morgan fingerprint density at radius 1 is 1.85 bits per heavy atom. The summed E-state index contributed by atoms with van der Waals surface area (Å²) in [6.45, 7) is 3.63. The van der Waals surface area contributed by atoms with E-state index in [-0.39, 0.29) is 5.91 Å². The third kappa shape index (κ3) is 3.57. The van der Waals surface area contributed by atoms with E-state index < -0.39 is 6.04 Å². The van der Waals surface area contributed by atoms with Crippen LogP contribution in [0.25, 0.3) is 0 Å². The molecule has 13 heavy (non-hydrogen) atoms. The van der Waals surface area contributed by atoms with Gasteiger partial charge in [-0.1, -0.05) is 6.08 Å². The molecule has 0 aromatic heterocycles. The van der Waals surface area contributed by atoms with Crippen molar-refractivity contribution in [2.24, 2.45) is 5.73 Å². The number of carbonyl (C=O) groups is 1. The summed E-state index contributed by atoms with van der Waals surface area (Å²) >= 11 is 0. The van der Waals surface area contributed by atoms with Crippen molar-refractivity contribution >= 4 is 5.91 Å². The average Bonchev–Trinajstić information content (AvgIpc) is 2.15. The molecule has 4 heteroatoms. The highest BCUT2D eigenvalue weighted by Gasteiger charge is 2.08. The maximum Gasteiger partial charge on any atom is 0.236 e. The monoisotopic (exact) mass is 184 g/mol. The third-order valence-corrected chi connectivity index (χ3v) is 1.89. The van der Waals surface area contributed by atoms with Gasteiger partial charge in [-0.2, -0.15) is 0 Å². The molecule has 0 fully saturated rings. The van der Waals surface area contributed by atoms with E-state index in [4.69, 9.17) is 10.5 Å². The van der Waals surface area contributed by atoms with Gasteiger partial charge in [0.25, 0.3) is 0 Å². The molecule has 0 bridgehead atoms. The summed E-state index contributed by atoms with van der Waals surface area (Å²) in [4.78, 5) is 11.1. The second-order valence-corrected chi connectivity index (χ2v) is 3.21. The smallest absolute Gasteiger partial charge is 0.236 e. The predicted molar refractivity (Wildman–Crippen MR) is 50.2 cm³/mol. The van der Waals surface area contributed by atoms with Crippen molar-refractivity contribution in [2.75, 3.05) is 19.8 Å². The molecule has 0 aliphatic carbocycles. The van der Waals surface area contributed by atoms with Gasteiger partial charge >= 0.3 is 0 Å². The molecule has 1 heterocycles. The lowest BCUT2D eigenvalue weighted by Gasteiger charge is -2.14. The number of hydrogen-bond donors (Lipinski definition) is 2. The van der Waals surface area contributed by atoms with Crippen LogP contribution in [0.1, 0.15) is 13.3 Å². The van der Waals surface area contributed by atoms with E-state index in [1.165, 1.54) is 0 Å². The van der Waals surface area contributed by atoms with E-state index in [1.807, 2.05) is 0 Å². The van der Waals surface area contributed by atoms with Crippen molar-refractivity contribution < 1.29 is 9.53 Å². The standard InChI is InChI=1S/C9H16N2O2/c1-7(10)9(12)11-5-8-3-2-4-13-6-8/h3,7H,2,4-6,10H2,1H3,(H,11,12). The molecular weight excluding hydrogens is 168 g/mol. The number of amides is 1. The quantitative estimate of drug-likeness (QED) is 0.597. The van der Waals surface area contributed by atoms with Crippen LogP contribution in [0.2, 0.25) is 0 Å². The Balaban J connectivity index is 2.25. The molecule has 1 rings (SSSR count). The number of nitrogens with one attached hydrogen (secondary N) is 1. The Hall–Kier alpha value is -0.870. The van der Waals surface area contributed by atoms with Gasteiger partial charge in [-0.25, -0.2) is 0 Å². The molecule has 1 amide bonds. The predicted octanol–water partition coefficient (Wildman–Crippen LogP) is -0.203. The minimum absolute atomic E-state index is 0.119. The van der Waals surface area contributed by atoms with E-state index in [9.17, 15) is 4.79 Å². The maximum atomic E-state index is 11.1. The van der Waals surface area contributed by atoms with Crippen LogP contribution in [-0.2, 0) is 9.53 Å². The Bertz CT molecular complexity index is 212. The van der Waals surface area contributed by atoms with Crippen LogP contribution in [0.4, 0.5) is 0 Å². The molecule has 0 saturated carbocycles. The molecule has 1 aliphatic heterocycles.